The molecule has 0 aliphatic heterocycles. The van der Waals surface area contributed by atoms with E-state index < -0.39 is 12.1 Å². The molecule has 5 nitrogen and oxygen atoms in total. The normalized spacial score (nSPS) is 10.5. The van der Waals surface area contributed by atoms with E-state index in [1.807, 2.05) is 36.4 Å². The highest BCUT2D eigenvalue weighted by Crippen LogP contribution is 2.28. The molecular weight excluding hydrogens is 326 g/mol. The second-order valence-corrected chi connectivity index (χ2v) is 6.32. The molecule has 0 unspecified atom stereocenters. The Kier molecular flexibility index (Phi) is 4.77. The van der Waals surface area contributed by atoms with Crippen molar-refractivity contribution in [3.63, 3.8) is 0 Å². The third-order valence-electron chi connectivity index (χ3n) is 3.46. The number of hydrogen-bond donors (Lipinski definition) is 2. The van der Waals surface area contributed by atoms with Crippen LogP contribution < -0.4 is 5.32 Å². The molecule has 0 spiro atoms. The van der Waals surface area contributed by atoms with Crippen molar-refractivity contribution in [3.8, 4) is 0 Å². The van der Waals surface area contributed by atoms with Crippen molar-refractivity contribution in [2.45, 2.75) is 13.2 Å². The van der Waals surface area contributed by atoms with Gasteiger partial charge in [0.2, 0.25) is 0 Å². The molecule has 0 aliphatic rings. The van der Waals surface area contributed by atoms with E-state index in [-0.39, 0.29) is 12.2 Å². The molecule has 0 aliphatic carbocycles. The van der Waals surface area contributed by atoms with Crippen molar-refractivity contribution in [1.29, 1.82) is 0 Å². The number of hydrogen-bond acceptors (Lipinski definition) is 4. The van der Waals surface area contributed by atoms with Crippen LogP contribution in [0.5, 0.6) is 0 Å². The van der Waals surface area contributed by atoms with Crippen LogP contribution in [-0.4, -0.2) is 17.2 Å². The minimum absolute atomic E-state index is 0.211. The number of aromatic carboxylic acids is 1. The zero-order valence-corrected chi connectivity index (χ0v) is 13.5. The maximum atomic E-state index is 11.8. The van der Waals surface area contributed by atoms with Crippen LogP contribution in [0.4, 0.5) is 4.79 Å². The van der Waals surface area contributed by atoms with Crippen LogP contribution in [-0.2, 0) is 17.9 Å². The Morgan fingerprint density at radius 2 is 1.88 bits per heavy atom. The number of thiophene rings is 1. The lowest BCUT2D eigenvalue weighted by Gasteiger charge is -2.05. The summed E-state index contributed by atoms with van der Waals surface area (Å²) in [6.45, 7) is 0.508. The van der Waals surface area contributed by atoms with Crippen LogP contribution in [0.3, 0.4) is 0 Å². The number of nitrogens with one attached hydrogen (secondary N) is 1. The maximum Gasteiger partial charge on any atom is 0.407 e. The largest absolute Gasteiger partial charge is 0.478 e. The average molecular weight is 341 g/mol. The highest BCUT2D eigenvalue weighted by Gasteiger charge is 2.12. The van der Waals surface area contributed by atoms with Crippen LogP contribution in [0.25, 0.3) is 10.1 Å². The number of carbonyl (C=O) groups excluding carboxylic acids is 1. The fourth-order valence-corrected chi connectivity index (χ4v) is 3.35. The topological polar surface area (TPSA) is 75.6 Å². The summed E-state index contributed by atoms with van der Waals surface area (Å²) in [6, 6.07) is 16.4. The van der Waals surface area contributed by atoms with Gasteiger partial charge in [0, 0.05) is 15.0 Å². The molecule has 0 radical (unpaired) electrons. The van der Waals surface area contributed by atoms with Gasteiger partial charge in [0.05, 0.1) is 12.1 Å². The van der Waals surface area contributed by atoms with Crippen LogP contribution in [0, 0.1) is 0 Å². The minimum atomic E-state index is -0.958. The van der Waals surface area contributed by atoms with Gasteiger partial charge < -0.3 is 15.2 Å². The molecule has 6 heteroatoms. The number of amides is 1. The lowest BCUT2D eigenvalue weighted by molar-refractivity contribution is 0.0699. The summed E-state index contributed by atoms with van der Waals surface area (Å²) in [4.78, 5) is 23.9. The van der Waals surface area contributed by atoms with E-state index in [0.29, 0.717) is 11.9 Å². The first kappa shape index (κ1) is 16.0. The highest BCUT2D eigenvalue weighted by atomic mass is 32.1. The predicted octanol–water partition coefficient (Wildman–Crippen LogP) is 4.03. The lowest BCUT2D eigenvalue weighted by atomic mass is 10.1. The smallest absolute Gasteiger partial charge is 0.407 e. The Labute approximate surface area is 142 Å². The van der Waals surface area contributed by atoms with Gasteiger partial charge in [0.25, 0.3) is 0 Å². The molecule has 0 fully saturated rings. The van der Waals surface area contributed by atoms with E-state index in [4.69, 9.17) is 4.74 Å². The van der Waals surface area contributed by atoms with Crippen LogP contribution in [0.15, 0.2) is 54.6 Å². The van der Waals surface area contributed by atoms with Gasteiger partial charge >= 0.3 is 12.1 Å². The molecule has 2 N–H and O–H groups in total. The predicted molar refractivity (Wildman–Crippen MR) is 92.3 cm³/mol. The van der Waals surface area contributed by atoms with Gasteiger partial charge in [-0.1, -0.05) is 36.4 Å². The van der Waals surface area contributed by atoms with Gasteiger partial charge in [0.15, 0.2) is 0 Å². The van der Waals surface area contributed by atoms with Crippen LogP contribution in [0.1, 0.15) is 20.8 Å². The number of carboxylic acids is 1. The SMILES string of the molecule is O=C(NCc1cc2c(C(=O)O)cccc2s1)OCc1ccccc1. The number of carbonyl (C=O) groups is 2. The number of ether oxygens (including phenoxy) is 1. The minimum Gasteiger partial charge on any atom is -0.478 e. The Morgan fingerprint density at radius 1 is 1.08 bits per heavy atom. The van der Waals surface area contributed by atoms with E-state index in [2.05, 4.69) is 5.32 Å². The summed E-state index contributed by atoms with van der Waals surface area (Å²) in [6.07, 6.45) is -0.505. The monoisotopic (exact) mass is 341 g/mol. The first-order valence-electron chi connectivity index (χ1n) is 7.33. The molecule has 122 valence electrons. The van der Waals surface area contributed by atoms with E-state index in [9.17, 15) is 14.7 Å². The lowest BCUT2D eigenvalue weighted by Crippen LogP contribution is -2.23. The zero-order valence-electron chi connectivity index (χ0n) is 12.7. The second kappa shape index (κ2) is 7.14. The third-order valence-corrected chi connectivity index (χ3v) is 4.56. The van der Waals surface area contributed by atoms with E-state index >= 15 is 0 Å². The number of rotatable bonds is 5. The number of carboxylic acid groups (broad SMARTS) is 1. The number of benzene rings is 2. The number of fused-ring (bicyclic) bond motifs is 1. The molecule has 1 amide bonds. The Morgan fingerprint density at radius 3 is 2.62 bits per heavy atom. The zero-order chi connectivity index (χ0) is 16.9. The van der Waals surface area contributed by atoms with E-state index in [1.165, 1.54) is 11.3 Å². The summed E-state index contributed by atoms with van der Waals surface area (Å²) < 4.78 is 6.03. The maximum absolute atomic E-state index is 11.8. The molecule has 3 aromatic rings. The van der Waals surface area contributed by atoms with Gasteiger partial charge in [-0.3, -0.25) is 0 Å². The molecule has 0 saturated heterocycles. The summed E-state index contributed by atoms with van der Waals surface area (Å²) in [7, 11) is 0. The van der Waals surface area contributed by atoms with Gasteiger partial charge in [0.1, 0.15) is 6.61 Å². The van der Waals surface area contributed by atoms with Crippen LogP contribution >= 0.6 is 11.3 Å². The molecule has 0 atom stereocenters. The van der Waals surface area contributed by atoms with Gasteiger partial charge in [-0.15, -0.1) is 11.3 Å². The van der Waals surface area contributed by atoms with Crippen LogP contribution in [0.2, 0.25) is 0 Å². The first-order chi connectivity index (χ1) is 11.6. The van der Waals surface area contributed by atoms with Gasteiger partial charge in [-0.25, -0.2) is 9.59 Å². The summed E-state index contributed by atoms with van der Waals surface area (Å²) in [5.74, 6) is -0.958. The van der Waals surface area contributed by atoms with E-state index in [1.54, 1.807) is 18.2 Å². The van der Waals surface area contributed by atoms with Crippen molar-refractivity contribution < 1.29 is 19.4 Å². The van der Waals surface area contributed by atoms with Crippen molar-refractivity contribution in [2.24, 2.45) is 0 Å². The Hall–Kier alpha value is -2.86. The fourth-order valence-electron chi connectivity index (χ4n) is 2.32. The summed E-state index contributed by atoms with van der Waals surface area (Å²) in [5.41, 5.74) is 1.18. The van der Waals surface area contributed by atoms with Crippen molar-refractivity contribution >= 4 is 33.5 Å². The van der Waals surface area contributed by atoms with E-state index in [0.717, 1.165) is 15.1 Å². The summed E-state index contributed by atoms with van der Waals surface area (Å²) in [5, 5.41) is 12.6. The molecule has 2 aromatic carbocycles. The molecule has 0 bridgehead atoms. The standard InChI is InChI=1S/C18H15NO4S/c20-17(21)14-7-4-8-16-15(14)9-13(24-16)10-19-18(22)23-11-12-5-2-1-3-6-12/h1-9H,10-11H2,(H,19,22)(H,20,21). The molecule has 0 saturated carbocycles. The number of alkyl carbamates (subject to hydrolysis) is 1. The second-order valence-electron chi connectivity index (χ2n) is 5.15. The van der Waals surface area contributed by atoms with Crippen molar-refractivity contribution in [3.05, 3.63) is 70.6 Å². The molecular formula is C18H15NO4S. The highest BCUT2D eigenvalue weighted by molar-refractivity contribution is 7.19. The van der Waals surface area contributed by atoms with Crippen molar-refractivity contribution in [2.75, 3.05) is 0 Å². The Bertz CT molecular complexity index is 873. The average Bonchev–Trinajstić information content (AvgIpc) is 3.01. The summed E-state index contributed by atoms with van der Waals surface area (Å²) >= 11 is 1.45. The Balaban J connectivity index is 1.60. The third kappa shape index (κ3) is 3.72. The molecule has 3 rings (SSSR count). The van der Waals surface area contributed by atoms with Gasteiger partial charge in [-0.2, -0.15) is 0 Å². The quantitative estimate of drug-likeness (QED) is 0.735. The van der Waals surface area contributed by atoms with Crippen molar-refractivity contribution in [1.82, 2.24) is 5.32 Å². The first-order valence-corrected chi connectivity index (χ1v) is 8.14. The fraction of sp³-hybridized carbons (Fsp3) is 0.111. The molecule has 1 heterocycles. The molecule has 1 aromatic heterocycles. The van der Waals surface area contributed by atoms with Gasteiger partial charge in [-0.05, 0) is 23.8 Å². The molecule has 24 heavy (non-hydrogen) atoms.